The monoisotopic (exact) mass is 409 g/mol. The average molecular weight is 410 g/mol. The highest BCUT2D eigenvalue weighted by atomic mass is 32.2. The minimum absolute atomic E-state index is 0.291. The first-order valence-corrected chi connectivity index (χ1v) is 12.2. The molecule has 0 aliphatic rings. The van der Waals surface area contributed by atoms with E-state index in [0.29, 0.717) is 17.1 Å². The molecule has 1 rings (SSSR count). The molecule has 0 fully saturated rings. The van der Waals surface area contributed by atoms with Crippen molar-refractivity contribution in [2.75, 3.05) is 23.4 Å². The summed E-state index contributed by atoms with van der Waals surface area (Å²) in [5.74, 6) is -0.219. The Bertz CT molecular complexity index is 681. The molecular weight excluding hydrogens is 374 g/mol. The van der Waals surface area contributed by atoms with E-state index in [1.54, 1.807) is 24.3 Å². The third-order valence-corrected chi connectivity index (χ3v) is 6.43. The number of benzene rings is 1. The number of carbonyl (C=O) groups is 1. The van der Waals surface area contributed by atoms with Crippen molar-refractivity contribution in [2.24, 2.45) is 0 Å². The summed E-state index contributed by atoms with van der Waals surface area (Å²) in [4.78, 5) is 10.8. The summed E-state index contributed by atoms with van der Waals surface area (Å²) in [7, 11) is -2.82. The molecule has 0 unspecified atom stereocenters. The van der Waals surface area contributed by atoms with Crippen molar-refractivity contribution in [1.29, 1.82) is 0 Å². The summed E-state index contributed by atoms with van der Waals surface area (Å²) in [5, 5.41) is 12.1. The molecule has 0 spiro atoms. The van der Waals surface area contributed by atoms with Gasteiger partial charge in [0, 0.05) is 12.2 Å². The number of carboxylic acid groups (broad SMARTS) is 1. The van der Waals surface area contributed by atoms with Crippen molar-refractivity contribution in [3.05, 3.63) is 42.0 Å². The summed E-state index contributed by atoms with van der Waals surface area (Å²) >= 11 is 0. The molecule has 0 radical (unpaired) electrons. The zero-order chi connectivity index (χ0) is 20.7. The van der Waals surface area contributed by atoms with Crippen LogP contribution in [0.25, 0.3) is 0 Å². The quantitative estimate of drug-likeness (QED) is 0.286. The Morgan fingerprint density at radius 1 is 0.929 bits per heavy atom. The van der Waals surface area contributed by atoms with Crippen molar-refractivity contribution in [3.8, 4) is 0 Å². The first kappa shape index (κ1) is 24.2. The Kier molecular flexibility index (Phi) is 12.3. The summed E-state index contributed by atoms with van der Waals surface area (Å²) in [5.41, 5.74) is 1.20. The van der Waals surface area contributed by atoms with Crippen molar-refractivity contribution < 1.29 is 18.3 Å². The van der Waals surface area contributed by atoms with Crippen LogP contribution in [0.2, 0.25) is 0 Å². The Labute approximate surface area is 170 Å². The number of hydrogen-bond donors (Lipinski definition) is 2. The van der Waals surface area contributed by atoms with Crippen LogP contribution >= 0.6 is 0 Å². The Hall–Kier alpha value is -1.82. The Morgan fingerprint density at radius 2 is 1.54 bits per heavy atom. The van der Waals surface area contributed by atoms with Crippen LogP contribution in [0.15, 0.2) is 36.4 Å². The summed E-state index contributed by atoms with van der Waals surface area (Å²) in [6, 6.07) is 6.72. The van der Waals surface area contributed by atoms with Gasteiger partial charge in [-0.25, -0.2) is 13.2 Å². The minimum atomic E-state index is -2.82. The van der Waals surface area contributed by atoms with E-state index in [0.717, 1.165) is 63.6 Å². The number of aromatic carboxylic acids is 1. The maximum atomic E-state index is 11.7. The second-order valence-corrected chi connectivity index (χ2v) is 9.45. The Balaban J connectivity index is 1.97. The molecule has 0 aromatic heterocycles. The van der Waals surface area contributed by atoms with Crippen molar-refractivity contribution in [1.82, 2.24) is 0 Å². The summed E-state index contributed by atoms with van der Waals surface area (Å²) in [6.07, 6.45) is 13.4. The number of hydrogen-bond acceptors (Lipinski definition) is 4. The second-order valence-electron chi connectivity index (χ2n) is 7.15. The van der Waals surface area contributed by atoms with Crippen LogP contribution in [0.4, 0.5) is 5.69 Å². The molecule has 0 aliphatic heterocycles. The van der Waals surface area contributed by atoms with Gasteiger partial charge in [-0.3, -0.25) is 0 Å². The van der Waals surface area contributed by atoms with Crippen molar-refractivity contribution in [2.45, 2.75) is 64.7 Å². The molecule has 0 saturated heterocycles. The molecule has 158 valence electrons. The van der Waals surface area contributed by atoms with Gasteiger partial charge in [-0.1, -0.05) is 51.2 Å². The van der Waals surface area contributed by atoms with Gasteiger partial charge >= 0.3 is 5.97 Å². The maximum absolute atomic E-state index is 11.7. The molecule has 0 atom stereocenters. The molecule has 0 bridgehead atoms. The molecule has 2 N–H and O–H groups in total. The molecule has 5 nitrogen and oxygen atoms in total. The third kappa shape index (κ3) is 11.8. The number of nitrogens with one attached hydrogen (secondary N) is 1. The fraction of sp³-hybridized carbons (Fsp3) is 0.591. The van der Waals surface area contributed by atoms with Gasteiger partial charge in [-0.05, 0) is 49.9 Å². The van der Waals surface area contributed by atoms with E-state index in [1.165, 1.54) is 6.42 Å². The van der Waals surface area contributed by atoms with Gasteiger partial charge < -0.3 is 10.4 Å². The van der Waals surface area contributed by atoms with Gasteiger partial charge in [0.25, 0.3) is 0 Å². The zero-order valence-electron chi connectivity index (χ0n) is 17.0. The highest BCUT2D eigenvalue weighted by molar-refractivity contribution is 7.91. The van der Waals surface area contributed by atoms with Gasteiger partial charge in [-0.15, -0.1) is 0 Å². The molecule has 0 heterocycles. The number of unbranched alkanes of at least 4 members (excludes halogenated alkanes) is 7. The maximum Gasteiger partial charge on any atom is 0.335 e. The smallest absolute Gasteiger partial charge is 0.335 e. The minimum Gasteiger partial charge on any atom is -0.478 e. The molecular formula is C22H35NO4S. The van der Waals surface area contributed by atoms with Gasteiger partial charge in [-0.2, -0.15) is 0 Å². The van der Waals surface area contributed by atoms with Gasteiger partial charge in [0.15, 0.2) is 0 Å². The van der Waals surface area contributed by atoms with Gasteiger partial charge in [0.05, 0.1) is 17.1 Å². The lowest BCUT2D eigenvalue weighted by Gasteiger charge is -2.04. The zero-order valence-corrected chi connectivity index (χ0v) is 17.8. The predicted molar refractivity (Wildman–Crippen MR) is 117 cm³/mol. The van der Waals surface area contributed by atoms with Crippen LogP contribution in [-0.4, -0.2) is 37.5 Å². The standard InChI is InChI=1S/C22H35NO4S/c1-2-3-18-28(26,27)19-12-10-8-6-4-5-7-9-11-17-23-21-15-13-20(14-16-21)22(24)25/h9,11,13-16,23H,2-8,10,12,17-19H2,1H3,(H,24,25). The number of sulfone groups is 1. The van der Waals surface area contributed by atoms with E-state index < -0.39 is 15.8 Å². The van der Waals surface area contributed by atoms with E-state index in [4.69, 9.17) is 5.11 Å². The van der Waals surface area contributed by atoms with Crippen LogP contribution in [-0.2, 0) is 9.84 Å². The fourth-order valence-electron chi connectivity index (χ4n) is 2.87. The lowest BCUT2D eigenvalue weighted by Crippen LogP contribution is -2.10. The molecule has 0 saturated carbocycles. The van der Waals surface area contributed by atoms with Crippen LogP contribution in [0.3, 0.4) is 0 Å². The second kappa shape index (κ2) is 14.2. The van der Waals surface area contributed by atoms with Crippen molar-refractivity contribution in [3.63, 3.8) is 0 Å². The number of rotatable bonds is 16. The lowest BCUT2D eigenvalue weighted by atomic mass is 10.1. The van der Waals surface area contributed by atoms with Crippen LogP contribution in [0.1, 0.15) is 75.1 Å². The van der Waals surface area contributed by atoms with Gasteiger partial charge in [0.1, 0.15) is 9.84 Å². The van der Waals surface area contributed by atoms with Gasteiger partial charge in [0.2, 0.25) is 0 Å². The molecule has 0 aliphatic carbocycles. The first-order valence-electron chi connectivity index (χ1n) is 10.4. The van der Waals surface area contributed by atoms with E-state index in [9.17, 15) is 13.2 Å². The summed E-state index contributed by atoms with van der Waals surface area (Å²) in [6.45, 7) is 2.74. The SMILES string of the molecule is CCCCS(=O)(=O)CCCCCCCCC=CCNc1ccc(C(=O)O)cc1. The number of carboxylic acids is 1. The van der Waals surface area contributed by atoms with E-state index in [-0.39, 0.29) is 0 Å². The van der Waals surface area contributed by atoms with E-state index in [1.807, 2.05) is 6.92 Å². The number of anilines is 1. The molecule has 6 heteroatoms. The summed E-state index contributed by atoms with van der Waals surface area (Å²) < 4.78 is 23.5. The molecule has 1 aromatic carbocycles. The Morgan fingerprint density at radius 3 is 2.18 bits per heavy atom. The topological polar surface area (TPSA) is 83.5 Å². The highest BCUT2D eigenvalue weighted by Gasteiger charge is 2.08. The first-order chi connectivity index (χ1) is 13.4. The van der Waals surface area contributed by atoms with E-state index in [2.05, 4.69) is 17.5 Å². The van der Waals surface area contributed by atoms with Crippen LogP contribution in [0, 0.1) is 0 Å². The highest BCUT2D eigenvalue weighted by Crippen LogP contribution is 2.11. The van der Waals surface area contributed by atoms with Crippen molar-refractivity contribution >= 4 is 21.5 Å². The molecule has 28 heavy (non-hydrogen) atoms. The third-order valence-electron chi connectivity index (χ3n) is 4.61. The van der Waals surface area contributed by atoms with E-state index >= 15 is 0 Å². The lowest BCUT2D eigenvalue weighted by molar-refractivity contribution is 0.0697. The van der Waals surface area contributed by atoms with Crippen LogP contribution in [0.5, 0.6) is 0 Å². The average Bonchev–Trinajstić information content (AvgIpc) is 2.67. The number of allylic oxidation sites excluding steroid dienone is 1. The molecule has 0 amide bonds. The molecule has 1 aromatic rings. The normalized spacial score (nSPS) is 11.8. The predicted octanol–water partition coefficient (Wildman–Crippen LogP) is 5.30. The van der Waals surface area contributed by atoms with Crippen LogP contribution < -0.4 is 5.32 Å². The largest absolute Gasteiger partial charge is 0.478 e. The fourth-order valence-corrected chi connectivity index (χ4v) is 4.44.